The van der Waals surface area contributed by atoms with Crippen LogP contribution in [-0.4, -0.2) is 17.7 Å². The van der Waals surface area contributed by atoms with E-state index < -0.39 is 17.6 Å². The molecular formula is C15H18F2O3. The van der Waals surface area contributed by atoms with Gasteiger partial charge in [0.15, 0.2) is 11.6 Å². The lowest BCUT2D eigenvalue weighted by Crippen LogP contribution is -2.21. The molecule has 5 heteroatoms. The number of hydrogen-bond donors (Lipinski definition) is 1. The summed E-state index contributed by atoms with van der Waals surface area (Å²) in [5, 5.41) is 8.94. The summed E-state index contributed by atoms with van der Waals surface area (Å²) >= 11 is 0. The van der Waals surface area contributed by atoms with Gasteiger partial charge < -0.3 is 9.84 Å². The topological polar surface area (TPSA) is 46.5 Å². The van der Waals surface area contributed by atoms with Crippen LogP contribution in [0.3, 0.4) is 0 Å². The van der Waals surface area contributed by atoms with E-state index in [-0.39, 0.29) is 24.2 Å². The Kier molecular flexibility index (Phi) is 4.57. The third-order valence-corrected chi connectivity index (χ3v) is 3.89. The van der Waals surface area contributed by atoms with Crippen LogP contribution in [0, 0.1) is 17.6 Å². The first kappa shape index (κ1) is 14.8. The summed E-state index contributed by atoms with van der Waals surface area (Å²) in [6.07, 6.45) is 2.16. The third-order valence-electron chi connectivity index (χ3n) is 3.89. The number of ether oxygens (including phenoxy) is 1. The van der Waals surface area contributed by atoms with Crippen molar-refractivity contribution in [2.75, 3.05) is 6.61 Å². The molecule has 0 aromatic heterocycles. The maximum absolute atomic E-state index is 14.1. The lowest BCUT2D eigenvalue weighted by atomic mass is 9.78. The number of halogens is 2. The lowest BCUT2D eigenvalue weighted by molar-refractivity contribution is -0.142. The molecule has 110 valence electrons. The van der Waals surface area contributed by atoms with Crippen molar-refractivity contribution >= 4 is 5.97 Å². The molecule has 1 fully saturated rings. The highest BCUT2D eigenvalue weighted by molar-refractivity contribution is 5.70. The summed E-state index contributed by atoms with van der Waals surface area (Å²) in [6, 6.07) is 3.00. The fraction of sp³-hybridized carbons (Fsp3) is 0.533. The minimum Gasteiger partial charge on any atom is -0.491 e. The molecule has 0 radical (unpaired) electrons. The van der Waals surface area contributed by atoms with Crippen LogP contribution in [0.1, 0.15) is 44.1 Å². The Morgan fingerprint density at radius 3 is 2.45 bits per heavy atom. The van der Waals surface area contributed by atoms with E-state index in [2.05, 4.69) is 0 Å². The van der Waals surface area contributed by atoms with E-state index in [0.717, 1.165) is 0 Å². The van der Waals surface area contributed by atoms with E-state index in [1.807, 2.05) is 0 Å². The largest absolute Gasteiger partial charge is 0.491 e. The van der Waals surface area contributed by atoms with Crippen molar-refractivity contribution < 1.29 is 23.4 Å². The van der Waals surface area contributed by atoms with Gasteiger partial charge in [-0.1, -0.05) is 6.07 Å². The fourth-order valence-electron chi connectivity index (χ4n) is 2.78. The standard InChI is InChI=1S/C15H18F2O3/c1-2-20-12-8-7-11(13(16)14(12)17)9-3-5-10(6-4-9)15(18)19/h7-10H,2-6H2,1H3,(H,18,19). The van der Waals surface area contributed by atoms with E-state index in [1.54, 1.807) is 13.0 Å². The van der Waals surface area contributed by atoms with E-state index in [4.69, 9.17) is 9.84 Å². The van der Waals surface area contributed by atoms with Gasteiger partial charge in [-0.05, 0) is 50.2 Å². The number of aliphatic carboxylic acids is 1. The van der Waals surface area contributed by atoms with Crippen molar-refractivity contribution in [3.05, 3.63) is 29.3 Å². The van der Waals surface area contributed by atoms with Crippen LogP contribution in [0.4, 0.5) is 8.78 Å². The van der Waals surface area contributed by atoms with Gasteiger partial charge in [0.25, 0.3) is 0 Å². The molecule has 1 aromatic rings. The Labute approximate surface area is 116 Å². The third kappa shape index (κ3) is 2.92. The summed E-state index contributed by atoms with van der Waals surface area (Å²) < 4.78 is 32.9. The highest BCUT2D eigenvalue weighted by Gasteiger charge is 2.29. The van der Waals surface area contributed by atoms with Gasteiger partial charge in [-0.25, -0.2) is 4.39 Å². The van der Waals surface area contributed by atoms with Crippen LogP contribution in [-0.2, 0) is 4.79 Å². The van der Waals surface area contributed by atoms with Crippen molar-refractivity contribution in [3.63, 3.8) is 0 Å². The zero-order valence-corrected chi connectivity index (χ0v) is 11.4. The quantitative estimate of drug-likeness (QED) is 0.916. The zero-order valence-electron chi connectivity index (χ0n) is 11.4. The van der Waals surface area contributed by atoms with Gasteiger partial charge in [0.2, 0.25) is 5.82 Å². The van der Waals surface area contributed by atoms with E-state index in [0.29, 0.717) is 31.2 Å². The smallest absolute Gasteiger partial charge is 0.306 e. The molecule has 1 aliphatic carbocycles. The van der Waals surface area contributed by atoms with Gasteiger partial charge in [0.1, 0.15) is 0 Å². The maximum Gasteiger partial charge on any atom is 0.306 e. The molecular weight excluding hydrogens is 266 g/mol. The minimum absolute atomic E-state index is 0.0760. The average Bonchev–Trinajstić information content (AvgIpc) is 2.44. The summed E-state index contributed by atoms with van der Waals surface area (Å²) in [6.45, 7) is 1.98. The summed E-state index contributed by atoms with van der Waals surface area (Å²) in [5.74, 6) is -3.17. The molecule has 1 aromatic carbocycles. The van der Waals surface area contributed by atoms with Crippen LogP contribution in [0.15, 0.2) is 12.1 Å². The van der Waals surface area contributed by atoms with Crippen LogP contribution < -0.4 is 4.74 Å². The number of carboxylic acids is 1. The van der Waals surface area contributed by atoms with Crippen molar-refractivity contribution in [2.24, 2.45) is 5.92 Å². The highest BCUT2D eigenvalue weighted by atomic mass is 19.2. The number of hydrogen-bond acceptors (Lipinski definition) is 2. The van der Waals surface area contributed by atoms with Crippen LogP contribution in [0.5, 0.6) is 5.75 Å². The van der Waals surface area contributed by atoms with Gasteiger partial charge in [0, 0.05) is 0 Å². The second-order valence-electron chi connectivity index (χ2n) is 5.10. The highest BCUT2D eigenvalue weighted by Crippen LogP contribution is 2.38. The number of carboxylic acid groups (broad SMARTS) is 1. The van der Waals surface area contributed by atoms with E-state index in [9.17, 15) is 13.6 Å². The lowest BCUT2D eigenvalue weighted by Gasteiger charge is -2.26. The molecule has 2 rings (SSSR count). The minimum atomic E-state index is -0.954. The first-order chi connectivity index (χ1) is 9.54. The van der Waals surface area contributed by atoms with Gasteiger partial charge in [0.05, 0.1) is 12.5 Å². The predicted octanol–water partition coefficient (Wildman–Crippen LogP) is 3.72. The van der Waals surface area contributed by atoms with Gasteiger partial charge in [-0.2, -0.15) is 4.39 Å². The molecule has 20 heavy (non-hydrogen) atoms. The fourth-order valence-corrected chi connectivity index (χ4v) is 2.78. The molecule has 0 saturated heterocycles. The summed E-state index contributed by atoms with van der Waals surface area (Å²) in [7, 11) is 0. The summed E-state index contributed by atoms with van der Waals surface area (Å²) in [4.78, 5) is 10.9. The molecule has 0 amide bonds. The molecule has 0 atom stereocenters. The molecule has 1 N–H and O–H groups in total. The van der Waals surface area contributed by atoms with E-state index in [1.165, 1.54) is 6.07 Å². The average molecular weight is 284 g/mol. The maximum atomic E-state index is 14.1. The molecule has 0 bridgehead atoms. The van der Waals surface area contributed by atoms with Crippen molar-refractivity contribution in [1.29, 1.82) is 0 Å². The van der Waals surface area contributed by atoms with Crippen LogP contribution in [0.25, 0.3) is 0 Å². The molecule has 1 saturated carbocycles. The zero-order chi connectivity index (χ0) is 14.7. The second kappa shape index (κ2) is 6.20. The normalized spacial score (nSPS) is 22.6. The van der Waals surface area contributed by atoms with Crippen LogP contribution in [0.2, 0.25) is 0 Å². The Morgan fingerprint density at radius 2 is 1.90 bits per heavy atom. The van der Waals surface area contributed by atoms with Gasteiger partial charge in [-0.3, -0.25) is 4.79 Å². The molecule has 0 aliphatic heterocycles. The number of rotatable bonds is 4. The van der Waals surface area contributed by atoms with Crippen LogP contribution >= 0.6 is 0 Å². The monoisotopic (exact) mass is 284 g/mol. The Bertz CT molecular complexity index is 494. The van der Waals surface area contributed by atoms with Gasteiger partial charge in [-0.15, -0.1) is 0 Å². The molecule has 0 spiro atoms. The Morgan fingerprint density at radius 1 is 1.25 bits per heavy atom. The second-order valence-corrected chi connectivity index (χ2v) is 5.10. The molecule has 3 nitrogen and oxygen atoms in total. The first-order valence-electron chi connectivity index (χ1n) is 6.88. The summed E-state index contributed by atoms with van der Waals surface area (Å²) in [5.41, 5.74) is 0.329. The Hall–Kier alpha value is -1.65. The van der Waals surface area contributed by atoms with Crippen molar-refractivity contribution in [1.82, 2.24) is 0 Å². The van der Waals surface area contributed by atoms with Crippen molar-refractivity contribution in [2.45, 2.75) is 38.5 Å². The molecule has 0 unspecified atom stereocenters. The van der Waals surface area contributed by atoms with E-state index >= 15 is 0 Å². The van der Waals surface area contributed by atoms with Crippen molar-refractivity contribution in [3.8, 4) is 5.75 Å². The Balaban J connectivity index is 2.14. The number of benzene rings is 1. The SMILES string of the molecule is CCOc1ccc(C2CCC(C(=O)O)CC2)c(F)c1F. The number of carbonyl (C=O) groups is 1. The first-order valence-corrected chi connectivity index (χ1v) is 6.88. The molecule has 1 aliphatic rings. The molecule has 0 heterocycles. The predicted molar refractivity (Wildman–Crippen MR) is 69.9 cm³/mol. The van der Waals surface area contributed by atoms with Gasteiger partial charge >= 0.3 is 5.97 Å².